The molecule has 0 spiro atoms. The molecule has 4 heteroatoms. The zero-order valence-corrected chi connectivity index (χ0v) is 12.1. The van der Waals surface area contributed by atoms with Gasteiger partial charge in [-0.1, -0.05) is 17.7 Å². The minimum absolute atomic E-state index is 0.654. The average Bonchev–Trinajstić information content (AvgIpc) is 2.69. The molecule has 0 aliphatic heterocycles. The SMILES string of the molecule is COc1ccc(C(O)c2scc(C)c2Cl)cc1C. The molecule has 96 valence electrons. The first-order chi connectivity index (χ1) is 8.54. The zero-order chi connectivity index (χ0) is 13.3. The molecule has 0 fully saturated rings. The summed E-state index contributed by atoms with van der Waals surface area (Å²) in [6.07, 6.45) is -0.680. The molecule has 0 amide bonds. The summed E-state index contributed by atoms with van der Waals surface area (Å²) < 4.78 is 5.21. The van der Waals surface area contributed by atoms with E-state index in [1.54, 1.807) is 7.11 Å². The standard InChI is InChI=1S/C14H15ClO2S/c1-8-6-10(4-5-11(8)17-3)13(16)14-12(15)9(2)7-18-14/h4-7,13,16H,1-3H3. The Morgan fingerprint density at radius 1 is 1.28 bits per heavy atom. The summed E-state index contributed by atoms with van der Waals surface area (Å²) >= 11 is 7.66. The lowest BCUT2D eigenvalue weighted by Gasteiger charge is -2.12. The van der Waals surface area contributed by atoms with Crippen molar-refractivity contribution in [2.75, 3.05) is 7.11 Å². The van der Waals surface area contributed by atoms with Crippen LogP contribution in [0.1, 0.15) is 27.7 Å². The highest BCUT2D eigenvalue weighted by atomic mass is 35.5. The van der Waals surface area contributed by atoms with Crippen LogP contribution >= 0.6 is 22.9 Å². The molecule has 0 aliphatic carbocycles. The summed E-state index contributed by atoms with van der Waals surface area (Å²) in [6.45, 7) is 3.89. The van der Waals surface area contributed by atoms with Crippen molar-refractivity contribution in [2.24, 2.45) is 0 Å². The van der Waals surface area contributed by atoms with Gasteiger partial charge in [0.2, 0.25) is 0 Å². The van der Waals surface area contributed by atoms with E-state index in [9.17, 15) is 5.11 Å². The van der Waals surface area contributed by atoms with E-state index in [1.165, 1.54) is 11.3 Å². The molecule has 1 N–H and O–H groups in total. The third-order valence-electron chi connectivity index (χ3n) is 2.91. The minimum Gasteiger partial charge on any atom is -0.496 e. The number of hydrogen-bond acceptors (Lipinski definition) is 3. The average molecular weight is 283 g/mol. The molecule has 1 unspecified atom stereocenters. The molecule has 1 aromatic carbocycles. The first kappa shape index (κ1) is 13.4. The molecule has 2 rings (SSSR count). The first-order valence-electron chi connectivity index (χ1n) is 5.60. The maximum atomic E-state index is 10.4. The highest BCUT2D eigenvalue weighted by Crippen LogP contribution is 2.36. The van der Waals surface area contributed by atoms with Crippen LogP contribution in [0.5, 0.6) is 5.75 Å². The van der Waals surface area contributed by atoms with Crippen molar-refractivity contribution in [2.45, 2.75) is 20.0 Å². The molecule has 2 nitrogen and oxygen atoms in total. The van der Waals surface area contributed by atoms with Gasteiger partial charge >= 0.3 is 0 Å². The molecule has 18 heavy (non-hydrogen) atoms. The monoisotopic (exact) mass is 282 g/mol. The Labute approximate surface area is 116 Å². The van der Waals surface area contributed by atoms with E-state index in [1.807, 2.05) is 37.4 Å². The molecule has 1 atom stereocenters. The van der Waals surface area contributed by atoms with Crippen molar-refractivity contribution in [3.05, 3.63) is 50.2 Å². The number of rotatable bonds is 3. The number of aryl methyl sites for hydroxylation is 2. The third-order valence-corrected chi connectivity index (χ3v) is 4.67. The zero-order valence-electron chi connectivity index (χ0n) is 10.5. The third kappa shape index (κ3) is 2.39. The summed E-state index contributed by atoms with van der Waals surface area (Å²) in [5, 5.41) is 13.0. The Bertz CT molecular complexity index is 563. The summed E-state index contributed by atoms with van der Waals surface area (Å²) in [5.74, 6) is 0.819. The van der Waals surface area contributed by atoms with E-state index in [4.69, 9.17) is 16.3 Å². The van der Waals surface area contributed by atoms with E-state index in [0.717, 1.165) is 27.3 Å². The van der Waals surface area contributed by atoms with E-state index in [-0.39, 0.29) is 0 Å². The molecule has 2 aromatic rings. The van der Waals surface area contributed by atoms with E-state index in [0.29, 0.717) is 5.02 Å². The van der Waals surface area contributed by atoms with Crippen molar-refractivity contribution >= 4 is 22.9 Å². The lowest BCUT2D eigenvalue weighted by molar-refractivity contribution is 0.224. The van der Waals surface area contributed by atoms with Gasteiger partial charge in [-0.2, -0.15) is 0 Å². The van der Waals surface area contributed by atoms with Gasteiger partial charge in [-0.3, -0.25) is 0 Å². The molecule has 0 radical (unpaired) electrons. The Hall–Kier alpha value is -1.03. The molecule has 1 heterocycles. The summed E-state index contributed by atoms with van der Waals surface area (Å²) in [7, 11) is 1.64. The fourth-order valence-electron chi connectivity index (χ4n) is 1.86. The molecular weight excluding hydrogens is 268 g/mol. The van der Waals surface area contributed by atoms with Gasteiger partial charge in [0.15, 0.2) is 0 Å². The van der Waals surface area contributed by atoms with Crippen molar-refractivity contribution < 1.29 is 9.84 Å². The predicted molar refractivity (Wildman–Crippen MR) is 75.9 cm³/mol. The molecular formula is C14H15ClO2S. The Kier molecular flexibility index (Phi) is 3.95. The second-order valence-corrected chi connectivity index (χ2v) is 5.52. The van der Waals surface area contributed by atoms with Crippen molar-refractivity contribution in [3.63, 3.8) is 0 Å². The van der Waals surface area contributed by atoms with Crippen LogP contribution in [0.2, 0.25) is 5.02 Å². The van der Waals surface area contributed by atoms with Gasteiger partial charge < -0.3 is 9.84 Å². The lowest BCUT2D eigenvalue weighted by atomic mass is 10.0. The predicted octanol–water partition coefficient (Wildman–Crippen LogP) is 4.11. The number of aliphatic hydroxyl groups is 1. The molecule has 0 saturated heterocycles. The number of benzene rings is 1. The van der Waals surface area contributed by atoms with Gasteiger partial charge in [0.1, 0.15) is 11.9 Å². The maximum Gasteiger partial charge on any atom is 0.121 e. The van der Waals surface area contributed by atoms with E-state index in [2.05, 4.69) is 0 Å². The number of hydrogen-bond donors (Lipinski definition) is 1. The quantitative estimate of drug-likeness (QED) is 0.918. The smallest absolute Gasteiger partial charge is 0.121 e. The molecule has 1 aromatic heterocycles. The van der Waals surface area contributed by atoms with Crippen LogP contribution in [-0.2, 0) is 0 Å². The first-order valence-corrected chi connectivity index (χ1v) is 6.86. The second-order valence-electron chi connectivity index (χ2n) is 4.23. The Morgan fingerprint density at radius 3 is 2.50 bits per heavy atom. The van der Waals surface area contributed by atoms with Crippen molar-refractivity contribution in [1.82, 2.24) is 0 Å². The second kappa shape index (κ2) is 5.31. The van der Waals surface area contributed by atoms with Gasteiger partial charge in [0.05, 0.1) is 17.0 Å². The van der Waals surface area contributed by atoms with E-state index >= 15 is 0 Å². The fraction of sp³-hybridized carbons (Fsp3) is 0.286. The van der Waals surface area contributed by atoms with Crippen LogP contribution in [0.4, 0.5) is 0 Å². The topological polar surface area (TPSA) is 29.5 Å². The largest absolute Gasteiger partial charge is 0.496 e. The van der Waals surface area contributed by atoms with Crippen molar-refractivity contribution in [3.8, 4) is 5.75 Å². The van der Waals surface area contributed by atoms with Crippen LogP contribution in [0.3, 0.4) is 0 Å². The summed E-state index contributed by atoms with van der Waals surface area (Å²) in [4.78, 5) is 0.790. The number of ether oxygens (including phenoxy) is 1. The highest BCUT2D eigenvalue weighted by molar-refractivity contribution is 7.10. The number of methoxy groups -OCH3 is 1. The Morgan fingerprint density at radius 2 is 2.00 bits per heavy atom. The maximum absolute atomic E-state index is 10.4. The molecule has 0 aliphatic rings. The van der Waals surface area contributed by atoms with Crippen molar-refractivity contribution in [1.29, 1.82) is 0 Å². The van der Waals surface area contributed by atoms with Gasteiger partial charge in [0.25, 0.3) is 0 Å². The van der Waals surface area contributed by atoms with Gasteiger partial charge in [-0.05, 0) is 48.1 Å². The summed E-state index contributed by atoms with van der Waals surface area (Å²) in [6, 6.07) is 5.65. The lowest BCUT2D eigenvalue weighted by Crippen LogP contribution is -1.99. The molecule has 0 bridgehead atoms. The fourth-order valence-corrected chi connectivity index (χ4v) is 3.16. The summed E-state index contributed by atoms with van der Waals surface area (Å²) in [5.41, 5.74) is 2.83. The van der Waals surface area contributed by atoms with Crippen LogP contribution in [0.25, 0.3) is 0 Å². The number of thiophene rings is 1. The Balaban J connectivity index is 2.37. The minimum atomic E-state index is -0.680. The van der Waals surface area contributed by atoms with Crippen LogP contribution in [0, 0.1) is 13.8 Å². The van der Waals surface area contributed by atoms with Gasteiger partial charge in [-0.15, -0.1) is 11.3 Å². The van der Waals surface area contributed by atoms with Gasteiger partial charge in [0, 0.05) is 0 Å². The van der Waals surface area contributed by atoms with Crippen LogP contribution in [0.15, 0.2) is 23.6 Å². The molecule has 0 saturated carbocycles. The normalized spacial score (nSPS) is 12.5. The van der Waals surface area contributed by atoms with Gasteiger partial charge in [-0.25, -0.2) is 0 Å². The number of aliphatic hydroxyl groups excluding tert-OH is 1. The van der Waals surface area contributed by atoms with E-state index < -0.39 is 6.10 Å². The van der Waals surface area contributed by atoms with Crippen LogP contribution in [-0.4, -0.2) is 12.2 Å². The highest BCUT2D eigenvalue weighted by Gasteiger charge is 2.18. The van der Waals surface area contributed by atoms with Crippen LogP contribution < -0.4 is 4.74 Å². The number of halogens is 1.